The van der Waals surface area contributed by atoms with Crippen LogP contribution >= 0.6 is 11.8 Å². The van der Waals surface area contributed by atoms with Gasteiger partial charge in [-0.25, -0.2) is 0 Å². The number of hydrogen-bond acceptors (Lipinski definition) is 5. The summed E-state index contributed by atoms with van der Waals surface area (Å²) in [6.07, 6.45) is 1.41. The highest BCUT2D eigenvalue weighted by Gasteiger charge is 2.52. The Hall–Kier alpha value is -0.790. The molecule has 2 N–H and O–H groups in total. The van der Waals surface area contributed by atoms with Crippen molar-refractivity contribution in [1.29, 1.82) is 0 Å². The number of nitrogens with one attached hydrogen (secondary N) is 2. The number of thioether (sulfide) groups is 1. The highest BCUT2D eigenvalue weighted by molar-refractivity contribution is 8.01. The number of nitrogens with zero attached hydrogens (tertiary/aromatic N) is 1. The molecular formula is C13H23N3O3S. The zero-order valence-electron chi connectivity index (χ0n) is 12.1. The minimum atomic E-state index is -0.307. The molecule has 0 aromatic carbocycles. The molecule has 2 fully saturated rings. The Balaban J connectivity index is 1.74. The standard InChI is InChI=1S/C13H23N3O3S/c1-13-4-3-11(17)16(13)10(9-20-13)12(18)15-6-5-14-7-8-19-2/h10,14H,3-9H2,1-2H3,(H,15,18). The van der Waals surface area contributed by atoms with E-state index in [4.69, 9.17) is 4.74 Å². The lowest BCUT2D eigenvalue weighted by Crippen LogP contribution is -2.50. The number of rotatable bonds is 7. The van der Waals surface area contributed by atoms with Gasteiger partial charge in [0.05, 0.1) is 11.5 Å². The van der Waals surface area contributed by atoms with Crippen LogP contribution in [0.3, 0.4) is 0 Å². The first-order valence-electron chi connectivity index (χ1n) is 7.02. The van der Waals surface area contributed by atoms with E-state index in [0.29, 0.717) is 31.9 Å². The SMILES string of the molecule is COCCNCCNC(=O)C1CSC2(C)CCC(=O)N12. The minimum absolute atomic E-state index is 0.0370. The molecule has 2 aliphatic heterocycles. The van der Waals surface area contributed by atoms with E-state index in [1.807, 2.05) is 0 Å². The topological polar surface area (TPSA) is 70.7 Å². The molecule has 0 aliphatic carbocycles. The molecule has 2 heterocycles. The van der Waals surface area contributed by atoms with Gasteiger partial charge in [-0.15, -0.1) is 11.8 Å². The molecule has 0 aromatic rings. The van der Waals surface area contributed by atoms with Crippen molar-refractivity contribution in [2.75, 3.05) is 39.1 Å². The molecule has 2 saturated heterocycles. The first kappa shape index (κ1) is 15.6. The van der Waals surface area contributed by atoms with E-state index >= 15 is 0 Å². The van der Waals surface area contributed by atoms with E-state index < -0.39 is 0 Å². The van der Waals surface area contributed by atoms with E-state index in [9.17, 15) is 9.59 Å². The summed E-state index contributed by atoms with van der Waals surface area (Å²) in [6, 6.07) is -0.307. The molecule has 2 aliphatic rings. The molecule has 0 aromatic heterocycles. The molecule has 0 spiro atoms. The van der Waals surface area contributed by atoms with Crippen molar-refractivity contribution in [2.45, 2.75) is 30.7 Å². The monoisotopic (exact) mass is 301 g/mol. The van der Waals surface area contributed by atoms with Crippen molar-refractivity contribution in [1.82, 2.24) is 15.5 Å². The largest absolute Gasteiger partial charge is 0.383 e. The van der Waals surface area contributed by atoms with Crippen molar-refractivity contribution in [2.24, 2.45) is 0 Å². The molecule has 0 bridgehead atoms. The summed E-state index contributed by atoms with van der Waals surface area (Å²) in [6.45, 7) is 4.77. The van der Waals surface area contributed by atoms with Crippen LogP contribution in [0.2, 0.25) is 0 Å². The zero-order valence-corrected chi connectivity index (χ0v) is 12.9. The van der Waals surface area contributed by atoms with Gasteiger partial charge in [0.2, 0.25) is 11.8 Å². The smallest absolute Gasteiger partial charge is 0.243 e. The van der Waals surface area contributed by atoms with Gasteiger partial charge in [0.25, 0.3) is 0 Å². The van der Waals surface area contributed by atoms with E-state index in [1.54, 1.807) is 23.8 Å². The van der Waals surface area contributed by atoms with E-state index in [2.05, 4.69) is 17.6 Å². The lowest BCUT2D eigenvalue weighted by molar-refractivity contribution is -0.137. The van der Waals surface area contributed by atoms with Crippen molar-refractivity contribution in [3.8, 4) is 0 Å². The summed E-state index contributed by atoms with van der Waals surface area (Å²) in [7, 11) is 1.66. The molecule has 2 unspecified atom stereocenters. The Kier molecular flexibility index (Phi) is 5.29. The second-order valence-corrected chi connectivity index (χ2v) is 6.80. The van der Waals surface area contributed by atoms with Crippen molar-refractivity contribution in [3.05, 3.63) is 0 Å². The number of carbonyl (C=O) groups is 2. The number of ether oxygens (including phenoxy) is 1. The predicted octanol–water partition coefficient (Wildman–Crippen LogP) is -0.207. The van der Waals surface area contributed by atoms with E-state index in [0.717, 1.165) is 13.0 Å². The predicted molar refractivity (Wildman–Crippen MR) is 78.5 cm³/mol. The van der Waals surface area contributed by atoms with Gasteiger partial charge in [0.1, 0.15) is 6.04 Å². The summed E-state index contributed by atoms with van der Waals surface area (Å²) < 4.78 is 4.92. The number of methoxy groups -OCH3 is 1. The molecule has 0 saturated carbocycles. The quantitative estimate of drug-likeness (QED) is 0.637. The molecule has 2 amide bonds. The summed E-state index contributed by atoms with van der Waals surface area (Å²) in [4.78, 5) is 25.7. The lowest BCUT2D eigenvalue weighted by Gasteiger charge is -2.29. The average Bonchev–Trinajstić information content (AvgIpc) is 2.91. The maximum Gasteiger partial charge on any atom is 0.243 e. The normalized spacial score (nSPS) is 28.8. The van der Waals surface area contributed by atoms with Gasteiger partial charge in [0, 0.05) is 38.9 Å². The van der Waals surface area contributed by atoms with Crippen molar-refractivity contribution in [3.63, 3.8) is 0 Å². The van der Waals surface area contributed by atoms with Crippen LogP contribution in [0.1, 0.15) is 19.8 Å². The zero-order chi connectivity index (χ0) is 14.6. The Morgan fingerprint density at radius 2 is 2.30 bits per heavy atom. The van der Waals surface area contributed by atoms with Crippen LogP contribution in [0.5, 0.6) is 0 Å². The van der Waals surface area contributed by atoms with Crippen molar-refractivity contribution >= 4 is 23.6 Å². The Labute approximate surface area is 124 Å². The van der Waals surface area contributed by atoms with Gasteiger partial charge in [-0.1, -0.05) is 0 Å². The summed E-state index contributed by atoms with van der Waals surface area (Å²) >= 11 is 1.72. The summed E-state index contributed by atoms with van der Waals surface area (Å²) in [5, 5.41) is 6.07. The Morgan fingerprint density at radius 1 is 1.50 bits per heavy atom. The molecule has 7 heteroatoms. The third kappa shape index (κ3) is 3.27. The highest BCUT2D eigenvalue weighted by atomic mass is 32.2. The minimum Gasteiger partial charge on any atom is -0.383 e. The molecular weight excluding hydrogens is 278 g/mol. The van der Waals surface area contributed by atoms with Crippen LogP contribution in [0, 0.1) is 0 Å². The van der Waals surface area contributed by atoms with Gasteiger partial charge in [-0.05, 0) is 13.3 Å². The second-order valence-electron chi connectivity index (χ2n) is 5.30. The van der Waals surface area contributed by atoms with E-state index in [-0.39, 0.29) is 22.7 Å². The molecule has 6 nitrogen and oxygen atoms in total. The van der Waals surface area contributed by atoms with E-state index in [1.165, 1.54) is 0 Å². The number of carbonyl (C=O) groups excluding carboxylic acids is 2. The van der Waals surface area contributed by atoms with Crippen LogP contribution < -0.4 is 10.6 Å². The number of hydrogen-bond donors (Lipinski definition) is 2. The maximum absolute atomic E-state index is 12.2. The maximum atomic E-state index is 12.2. The second kappa shape index (κ2) is 6.78. The first-order chi connectivity index (χ1) is 9.58. The summed E-state index contributed by atoms with van der Waals surface area (Å²) in [5.74, 6) is 0.770. The fourth-order valence-electron chi connectivity index (χ4n) is 2.71. The summed E-state index contributed by atoms with van der Waals surface area (Å²) in [5.41, 5.74) is 0. The van der Waals surface area contributed by atoms with Gasteiger partial charge in [-0.2, -0.15) is 0 Å². The molecule has 2 rings (SSSR count). The molecule has 2 atom stereocenters. The fourth-order valence-corrected chi connectivity index (χ4v) is 4.14. The third-order valence-corrected chi connectivity index (χ3v) is 5.34. The molecule has 20 heavy (non-hydrogen) atoms. The van der Waals surface area contributed by atoms with Crippen LogP contribution in [0.25, 0.3) is 0 Å². The molecule has 0 radical (unpaired) electrons. The Morgan fingerprint density at radius 3 is 3.05 bits per heavy atom. The van der Waals surface area contributed by atoms with Crippen molar-refractivity contribution < 1.29 is 14.3 Å². The highest BCUT2D eigenvalue weighted by Crippen LogP contribution is 2.47. The van der Waals surface area contributed by atoms with Gasteiger partial charge < -0.3 is 20.3 Å². The number of fused-ring (bicyclic) bond motifs is 1. The third-order valence-electron chi connectivity index (χ3n) is 3.83. The molecule has 114 valence electrons. The van der Waals surface area contributed by atoms with Crippen LogP contribution in [0.15, 0.2) is 0 Å². The van der Waals surface area contributed by atoms with Gasteiger partial charge >= 0.3 is 0 Å². The van der Waals surface area contributed by atoms with Gasteiger partial charge in [-0.3, -0.25) is 9.59 Å². The van der Waals surface area contributed by atoms with Crippen LogP contribution in [-0.2, 0) is 14.3 Å². The number of amides is 2. The fraction of sp³-hybridized carbons (Fsp3) is 0.846. The lowest BCUT2D eigenvalue weighted by atomic mass is 10.2. The van der Waals surface area contributed by atoms with Crippen LogP contribution in [0.4, 0.5) is 0 Å². The van der Waals surface area contributed by atoms with Gasteiger partial charge in [0.15, 0.2) is 0 Å². The first-order valence-corrected chi connectivity index (χ1v) is 8.00. The van der Waals surface area contributed by atoms with Crippen LogP contribution in [-0.4, -0.2) is 66.7 Å². The average molecular weight is 301 g/mol. The Bertz CT molecular complexity index is 380.